The molecule has 2 amide bonds. The minimum atomic E-state index is -1.13. The summed E-state index contributed by atoms with van der Waals surface area (Å²) < 4.78 is 4.63. The lowest BCUT2D eigenvalue weighted by atomic mass is 10.3. The van der Waals surface area contributed by atoms with Crippen LogP contribution in [0.2, 0.25) is 0 Å². The Balaban J connectivity index is 3.99. The zero-order valence-corrected chi connectivity index (χ0v) is 8.69. The van der Waals surface area contributed by atoms with Crippen LogP contribution in [0.4, 0.5) is 4.79 Å². The van der Waals surface area contributed by atoms with Gasteiger partial charge in [0.15, 0.2) is 6.10 Å². The molecule has 0 saturated carbocycles. The summed E-state index contributed by atoms with van der Waals surface area (Å²) in [4.78, 5) is 23.0. The number of hydrogen-bond donors (Lipinski definition) is 2. The van der Waals surface area contributed by atoms with Crippen LogP contribution >= 0.6 is 0 Å². The number of nitrogens with zero attached hydrogens (tertiary/aromatic N) is 1. The van der Waals surface area contributed by atoms with Crippen molar-refractivity contribution in [3.05, 3.63) is 0 Å². The molecule has 6 nitrogen and oxygen atoms in total. The van der Waals surface area contributed by atoms with Gasteiger partial charge in [-0.1, -0.05) is 5.92 Å². The molecule has 6 heteroatoms. The highest BCUT2D eigenvalue weighted by molar-refractivity contribution is 5.76. The molecule has 0 spiro atoms. The predicted octanol–water partition coefficient (Wildman–Crippen LogP) is -0.639. The van der Waals surface area contributed by atoms with E-state index >= 15 is 0 Å². The largest absolute Gasteiger partial charge is 0.479 e. The van der Waals surface area contributed by atoms with Crippen molar-refractivity contribution in [2.45, 2.75) is 6.10 Å². The topological polar surface area (TPSA) is 78.9 Å². The number of hydrogen-bond acceptors (Lipinski definition) is 3. The molecule has 0 saturated heterocycles. The third-order valence-corrected chi connectivity index (χ3v) is 1.67. The summed E-state index contributed by atoms with van der Waals surface area (Å²) in [7, 11) is 2.77. The number of carbonyl (C=O) groups is 2. The standard InChI is InChI=1S/C9H14N2O4/c1-4-5-11(2)9(14)10-6-7(15-3)8(12)13/h1,7H,5-6H2,2-3H3,(H,10,14)(H,12,13). The zero-order valence-electron chi connectivity index (χ0n) is 8.69. The number of carbonyl (C=O) groups excluding carboxylic acids is 1. The second-order valence-electron chi connectivity index (χ2n) is 2.81. The smallest absolute Gasteiger partial charge is 0.334 e. The third-order valence-electron chi connectivity index (χ3n) is 1.67. The van der Waals surface area contributed by atoms with E-state index in [-0.39, 0.29) is 13.1 Å². The minimum absolute atomic E-state index is 0.0976. The maximum atomic E-state index is 11.2. The summed E-state index contributed by atoms with van der Waals surface area (Å²) in [5, 5.41) is 11.0. The number of carboxylic acids is 1. The van der Waals surface area contributed by atoms with E-state index in [2.05, 4.69) is 16.0 Å². The van der Waals surface area contributed by atoms with Gasteiger partial charge in [0.2, 0.25) is 0 Å². The van der Waals surface area contributed by atoms with Gasteiger partial charge >= 0.3 is 12.0 Å². The van der Waals surface area contributed by atoms with E-state index in [1.807, 2.05) is 0 Å². The first-order valence-electron chi connectivity index (χ1n) is 4.21. The quantitative estimate of drug-likeness (QED) is 0.597. The highest BCUT2D eigenvalue weighted by Crippen LogP contribution is 1.89. The molecule has 0 aliphatic heterocycles. The number of nitrogens with one attached hydrogen (secondary N) is 1. The Morgan fingerprint density at radius 2 is 2.27 bits per heavy atom. The van der Waals surface area contributed by atoms with Gasteiger partial charge in [0.1, 0.15) is 0 Å². The summed E-state index contributed by atoms with van der Waals surface area (Å²) in [5.41, 5.74) is 0. The molecule has 0 aromatic carbocycles. The lowest BCUT2D eigenvalue weighted by Crippen LogP contribution is -2.43. The number of urea groups is 1. The molecular weight excluding hydrogens is 200 g/mol. The molecule has 0 aromatic heterocycles. The van der Waals surface area contributed by atoms with Crippen molar-refractivity contribution >= 4 is 12.0 Å². The SMILES string of the molecule is C#CCN(C)C(=O)NCC(OC)C(=O)O. The number of ether oxygens (including phenoxy) is 1. The maximum absolute atomic E-state index is 11.2. The van der Waals surface area contributed by atoms with Crippen LogP contribution in [0.3, 0.4) is 0 Å². The van der Waals surface area contributed by atoms with Gasteiger partial charge in [-0.25, -0.2) is 9.59 Å². The summed E-state index contributed by atoms with van der Waals surface area (Å²) in [6.45, 7) is 0.0656. The van der Waals surface area contributed by atoms with E-state index in [4.69, 9.17) is 11.5 Å². The van der Waals surface area contributed by atoms with E-state index in [0.29, 0.717) is 0 Å². The number of methoxy groups -OCH3 is 1. The molecule has 0 aromatic rings. The summed E-state index contributed by atoms with van der Waals surface area (Å²) in [6.07, 6.45) is 3.96. The van der Waals surface area contributed by atoms with Crippen LogP contribution in [0.1, 0.15) is 0 Å². The van der Waals surface area contributed by atoms with Crippen molar-refractivity contribution in [1.29, 1.82) is 0 Å². The molecule has 2 N–H and O–H groups in total. The van der Waals surface area contributed by atoms with E-state index < -0.39 is 18.1 Å². The van der Waals surface area contributed by atoms with Crippen molar-refractivity contribution in [1.82, 2.24) is 10.2 Å². The number of aliphatic carboxylic acids is 1. The molecule has 0 bridgehead atoms. The average Bonchev–Trinajstić information content (AvgIpc) is 2.18. The summed E-state index contributed by atoms with van der Waals surface area (Å²) in [5.74, 6) is 1.16. The Bertz CT molecular complexity index is 272. The van der Waals surface area contributed by atoms with Crippen LogP contribution in [-0.2, 0) is 9.53 Å². The fourth-order valence-corrected chi connectivity index (χ4v) is 0.795. The molecule has 0 heterocycles. The lowest BCUT2D eigenvalue weighted by Gasteiger charge is -2.17. The average molecular weight is 214 g/mol. The third kappa shape index (κ3) is 4.88. The second kappa shape index (κ2) is 6.68. The number of amides is 2. The lowest BCUT2D eigenvalue weighted by molar-refractivity contribution is -0.148. The Morgan fingerprint density at radius 1 is 1.67 bits per heavy atom. The predicted molar refractivity (Wildman–Crippen MR) is 53.3 cm³/mol. The normalized spacial score (nSPS) is 11.3. The van der Waals surface area contributed by atoms with E-state index in [0.717, 1.165) is 0 Å². The first kappa shape index (κ1) is 13.3. The number of terminal acetylenes is 1. The molecule has 0 aliphatic carbocycles. The molecule has 0 aliphatic rings. The van der Waals surface area contributed by atoms with Gasteiger partial charge in [-0.15, -0.1) is 6.42 Å². The fraction of sp³-hybridized carbons (Fsp3) is 0.556. The van der Waals surface area contributed by atoms with Gasteiger partial charge in [0.05, 0.1) is 13.1 Å². The molecule has 1 atom stereocenters. The van der Waals surface area contributed by atoms with Crippen LogP contribution in [0.15, 0.2) is 0 Å². The van der Waals surface area contributed by atoms with Crippen LogP contribution < -0.4 is 5.32 Å². The van der Waals surface area contributed by atoms with Gasteiger partial charge < -0.3 is 20.1 Å². The number of rotatable bonds is 5. The maximum Gasteiger partial charge on any atom is 0.334 e. The summed E-state index contributed by atoms with van der Waals surface area (Å²) >= 11 is 0. The van der Waals surface area contributed by atoms with Gasteiger partial charge in [0, 0.05) is 14.2 Å². The van der Waals surface area contributed by atoms with Crippen molar-refractivity contribution in [2.75, 3.05) is 27.2 Å². The van der Waals surface area contributed by atoms with Crippen LogP contribution in [-0.4, -0.2) is 55.4 Å². The highest BCUT2D eigenvalue weighted by Gasteiger charge is 2.17. The monoisotopic (exact) mass is 214 g/mol. The van der Waals surface area contributed by atoms with E-state index in [1.165, 1.54) is 19.1 Å². The van der Waals surface area contributed by atoms with E-state index in [9.17, 15) is 9.59 Å². The van der Waals surface area contributed by atoms with Crippen molar-refractivity contribution < 1.29 is 19.4 Å². The Labute approximate surface area is 88.2 Å². The highest BCUT2D eigenvalue weighted by atomic mass is 16.5. The van der Waals surface area contributed by atoms with Crippen LogP contribution in [0.5, 0.6) is 0 Å². The molecular formula is C9H14N2O4. The first-order valence-corrected chi connectivity index (χ1v) is 4.21. The van der Waals surface area contributed by atoms with Crippen LogP contribution in [0, 0.1) is 12.3 Å². The van der Waals surface area contributed by atoms with Crippen molar-refractivity contribution in [3.63, 3.8) is 0 Å². The first-order chi connectivity index (χ1) is 7.02. The van der Waals surface area contributed by atoms with Crippen molar-refractivity contribution in [2.24, 2.45) is 0 Å². The van der Waals surface area contributed by atoms with Gasteiger partial charge in [-0.3, -0.25) is 0 Å². The number of carboxylic acid groups (broad SMARTS) is 1. The summed E-state index contributed by atoms with van der Waals surface area (Å²) in [6, 6.07) is -0.434. The molecule has 0 rings (SSSR count). The second-order valence-corrected chi connectivity index (χ2v) is 2.81. The molecule has 0 radical (unpaired) electrons. The molecule has 84 valence electrons. The zero-order chi connectivity index (χ0) is 11.8. The molecule has 15 heavy (non-hydrogen) atoms. The Hall–Kier alpha value is -1.74. The van der Waals surface area contributed by atoms with Gasteiger partial charge in [-0.05, 0) is 0 Å². The Kier molecular flexibility index (Phi) is 5.90. The fourth-order valence-electron chi connectivity index (χ4n) is 0.795. The van der Waals surface area contributed by atoms with Crippen LogP contribution in [0.25, 0.3) is 0 Å². The molecule has 1 unspecified atom stereocenters. The Morgan fingerprint density at radius 3 is 2.67 bits per heavy atom. The van der Waals surface area contributed by atoms with E-state index in [1.54, 1.807) is 0 Å². The van der Waals surface area contributed by atoms with Crippen molar-refractivity contribution in [3.8, 4) is 12.3 Å². The molecule has 0 fully saturated rings. The van der Waals surface area contributed by atoms with Gasteiger partial charge in [0.25, 0.3) is 0 Å². The minimum Gasteiger partial charge on any atom is -0.479 e. The van der Waals surface area contributed by atoms with Gasteiger partial charge in [-0.2, -0.15) is 0 Å².